The summed E-state index contributed by atoms with van der Waals surface area (Å²) in [5, 5.41) is 0. The maximum Gasteiger partial charge on any atom is 0.0716 e. The van der Waals surface area contributed by atoms with Crippen molar-refractivity contribution in [3.05, 3.63) is 37.0 Å². The monoisotopic (exact) mass is 182 g/mol. The quantitative estimate of drug-likeness (QED) is 0.449. The summed E-state index contributed by atoms with van der Waals surface area (Å²) in [5.41, 5.74) is 1.08. The molecule has 13 heavy (non-hydrogen) atoms. The van der Waals surface area contributed by atoms with Gasteiger partial charge >= 0.3 is 0 Å². The Labute approximate surface area is 82.8 Å². The number of allylic oxidation sites excluding steroid dienone is 2. The lowest BCUT2D eigenvalue weighted by Crippen LogP contribution is -1.96. The first-order chi connectivity index (χ1) is 6.35. The summed E-state index contributed by atoms with van der Waals surface area (Å²) in [7, 11) is 0. The van der Waals surface area contributed by atoms with Crippen LogP contribution in [0.25, 0.3) is 0 Å². The minimum atomic E-state index is 0.642. The van der Waals surface area contributed by atoms with Crippen molar-refractivity contribution in [2.24, 2.45) is 0 Å². The maximum absolute atomic E-state index is 5.30. The smallest absolute Gasteiger partial charge is 0.0716 e. The molecule has 0 aromatic heterocycles. The van der Waals surface area contributed by atoms with E-state index in [9.17, 15) is 0 Å². The van der Waals surface area contributed by atoms with Gasteiger partial charge in [0.15, 0.2) is 0 Å². The molecule has 0 aliphatic heterocycles. The Hall–Kier alpha value is -0.820. The predicted molar refractivity (Wildman–Crippen MR) is 60.9 cm³/mol. The molecular weight excluding hydrogens is 160 g/mol. The number of hydrogen-bond acceptors (Lipinski definition) is 1. The van der Waals surface area contributed by atoms with E-state index in [2.05, 4.69) is 20.1 Å². The average molecular weight is 182 g/mol. The van der Waals surface area contributed by atoms with Crippen LogP contribution in [0.5, 0.6) is 0 Å². The van der Waals surface area contributed by atoms with E-state index in [-0.39, 0.29) is 0 Å². The van der Waals surface area contributed by atoms with E-state index in [4.69, 9.17) is 4.74 Å². The molecule has 0 atom stereocenters. The summed E-state index contributed by atoms with van der Waals surface area (Å²) in [4.78, 5) is 0. The Morgan fingerprint density at radius 1 is 1.31 bits per heavy atom. The van der Waals surface area contributed by atoms with Gasteiger partial charge in [-0.05, 0) is 12.0 Å². The molecule has 0 fully saturated rings. The zero-order chi connectivity index (χ0) is 10.5. The van der Waals surface area contributed by atoms with E-state index in [1.165, 1.54) is 0 Å². The molecular formula is C12H22O. The molecule has 0 bridgehead atoms. The standard InChI is InChI=1S/C10H16O.C2H6/c1-4-7-10(6-3)9-11-8-5-2;1-2/h4,6-7H,1,3,5,8-9H2,2H3;1-2H3/b10-7+;. The van der Waals surface area contributed by atoms with Crippen molar-refractivity contribution in [2.45, 2.75) is 27.2 Å². The molecule has 0 radical (unpaired) electrons. The van der Waals surface area contributed by atoms with Crippen molar-refractivity contribution in [1.82, 2.24) is 0 Å². The van der Waals surface area contributed by atoms with Crippen LogP contribution in [0.3, 0.4) is 0 Å². The van der Waals surface area contributed by atoms with Gasteiger partial charge in [0, 0.05) is 6.61 Å². The summed E-state index contributed by atoms with van der Waals surface area (Å²) >= 11 is 0. The fourth-order valence-corrected chi connectivity index (χ4v) is 0.661. The molecule has 0 heterocycles. The van der Waals surface area contributed by atoms with Crippen molar-refractivity contribution in [1.29, 1.82) is 0 Å². The van der Waals surface area contributed by atoms with E-state index in [0.29, 0.717) is 6.61 Å². The average Bonchev–Trinajstić information content (AvgIpc) is 2.20. The van der Waals surface area contributed by atoms with Crippen LogP contribution in [-0.2, 0) is 4.74 Å². The van der Waals surface area contributed by atoms with E-state index < -0.39 is 0 Å². The SMILES string of the molecule is C=C/C=C(\C=C)COCCC.CC. The van der Waals surface area contributed by atoms with Crippen LogP contribution in [0, 0.1) is 0 Å². The van der Waals surface area contributed by atoms with Crippen LogP contribution in [0.4, 0.5) is 0 Å². The maximum atomic E-state index is 5.30. The minimum absolute atomic E-state index is 0.642. The van der Waals surface area contributed by atoms with Gasteiger partial charge < -0.3 is 4.74 Å². The van der Waals surface area contributed by atoms with Crippen LogP contribution >= 0.6 is 0 Å². The van der Waals surface area contributed by atoms with E-state index >= 15 is 0 Å². The van der Waals surface area contributed by atoms with E-state index in [0.717, 1.165) is 18.6 Å². The number of ether oxygens (including phenoxy) is 1. The fraction of sp³-hybridized carbons (Fsp3) is 0.500. The molecule has 0 aliphatic carbocycles. The Morgan fingerprint density at radius 2 is 1.92 bits per heavy atom. The van der Waals surface area contributed by atoms with Gasteiger partial charge in [-0.25, -0.2) is 0 Å². The molecule has 0 saturated heterocycles. The van der Waals surface area contributed by atoms with Gasteiger partial charge in [-0.2, -0.15) is 0 Å². The lowest BCUT2D eigenvalue weighted by molar-refractivity contribution is 0.158. The second kappa shape index (κ2) is 13.7. The molecule has 0 amide bonds. The van der Waals surface area contributed by atoms with Crippen molar-refractivity contribution in [3.8, 4) is 0 Å². The second-order valence-electron chi connectivity index (χ2n) is 2.23. The molecule has 1 heteroatoms. The molecule has 0 aliphatic rings. The van der Waals surface area contributed by atoms with Crippen LogP contribution in [-0.4, -0.2) is 13.2 Å². The summed E-state index contributed by atoms with van der Waals surface area (Å²) in [6, 6.07) is 0. The molecule has 0 unspecified atom stereocenters. The van der Waals surface area contributed by atoms with Gasteiger partial charge in [0.05, 0.1) is 6.61 Å². The summed E-state index contributed by atoms with van der Waals surface area (Å²) in [6.07, 6.45) is 6.49. The first kappa shape index (κ1) is 14.7. The van der Waals surface area contributed by atoms with Crippen LogP contribution in [0.2, 0.25) is 0 Å². The van der Waals surface area contributed by atoms with E-state index in [1.54, 1.807) is 12.2 Å². The van der Waals surface area contributed by atoms with Gasteiger partial charge in [-0.1, -0.05) is 52.2 Å². The predicted octanol–water partition coefficient (Wildman–Crippen LogP) is 3.74. The van der Waals surface area contributed by atoms with Gasteiger partial charge in [-0.15, -0.1) is 0 Å². The van der Waals surface area contributed by atoms with Gasteiger partial charge in [-0.3, -0.25) is 0 Å². The highest BCUT2D eigenvalue weighted by Crippen LogP contribution is 1.97. The van der Waals surface area contributed by atoms with Crippen molar-refractivity contribution < 1.29 is 4.74 Å². The van der Waals surface area contributed by atoms with Crippen LogP contribution in [0.15, 0.2) is 37.0 Å². The van der Waals surface area contributed by atoms with Gasteiger partial charge in [0.25, 0.3) is 0 Å². The molecule has 0 saturated carbocycles. The highest BCUT2D eigenvalue weighted by molar-refractivity contribution is 5.21. The van der Waals surface area contributed by atoms with Crippen LogP contribution < -0.4 is 0 Å². The molecule has 0 N–H and O–H groups in total. The number of hydrogen-bond donors (Lipinski definition) is 0. The first-order valence-corrected chi connectivity index (χ1v) is 4.87. The summed E-state index contributed by atoms with van der Waals surface area (Å²) in [5.74, 6) is 0. The highest BCUT2D eigenvalue weighted by Gasteiger charge is 1.88. The highest BCUT2D eigenvalue weighted by atomic mass is 16.5. The first-order valence-electron chi connectivity index (χ1n) is 4.87. The third-order valence-electron chi connectivity index (χ3n) is 1.21. The number of rotatable bonds is 6. The second-order valence-corrected chi connectivity index (χ2v) is 2.23. The topological polar surface area (TPSA) is 9.23 Å². The zero-order valence-corrected chi connectivity index (χ0v) is 9.18. The van der Waals surface area contributed by atoms with E-state index in [1.807, 2.05) is 19.9 Å². The third-order valence-corrected chi connectivity index (χ3v) is 1.21. The Morgan fingerprint density at radius 3 is 2.31 bits per heavy atom. The van der Waals surface area contributed by atoms with Crippen molar-refractivity contribution in [2.75, 3.05) is 13.2 Å². The lowest BCUT2D eigenvalue weighted by atomic mass is 10.2. The lowest BCUT2D eigenvalue weighted by Gasteiger charge is -2.01. The molecule has 1 nitrogen and oxygen atoms in total. The Bertz CT molecular complexity index is 145. The Kier molecular flexibility index (Phi) is 15.5. The van der Waals surface area contributed by atoms with Crippen molar-refractivity contribution in [3.63, 3.8) is 0 Å². The van der Waals surface area contributed by atoms with Gasteiger partial charge in [0.1, 0.15) is 0 Å². The molecule has 0 rings (SSSR count). The molecule has 0 spiro atoms. The Balaban J connectivity index is 0. The van der Waals surface area contributed by atoms with Crippen LogP contribution in [0.1, 0.15) is 27.2 Å². The molecule has 0 aromatic carbocycles. The minimum Gasteiger partial charge on any atom is -0.377 e. The zero-order valence-electron chi connectivity index (χ0n) is 9.18. The normalized spacial score (nSPS) is 9.92. The van der Waals surface area contributed by atoms with Crippen molar-refractivity contribution >= 4 is 0 Å². The van der Waals surface area contributed by atoms with Gasteiger partial charge in [0.2, 0.25) is 0 Å². The summed E-state index contributed by atoms with van der Waals surface area (Å²) < 4.78 is 5.30. The molecule has 76 valence electrons. The largest absolute Gasteiger partial charge is 0.377 e. The third kappa shape index (κ3) is 11.2. The summed E-state index contributed by atoms with van der Waals surface area (Å²) in [6.45, 7) is 14.8. The molecule has 0 aromatic rings. The fourth-order valence-electron chi connectivity index (χ4n) is 0.661.